The zero-order chi connectivity index (χ0) is 17.9. The normalized spacial score (nSPS) is 12.2. The molecular formula is C19H18N6O. The Morgan fingerprint density at radius 1 is 1.12 bits per heavy atom. The zero-order valence-corrected chi connectivity index (χ0v) is 14.2. The highest BCUT2D eigenvalue weighted by Gasteiger charge is 2.13. The van der Waals surface area contributed by atoms with Gasteiger partial charge in [0.05, 0.1) is 17.8 Å². The number of benzene rings is 1. The van der Waals surface area contributed by atoms with E-state index in [2.05, 4.69) is 25.4 Å². The van der Waals surface area contributed by atoms with Crippen LogP contribution in [0.25, 0.3) is 22.3 Å². The Kier molecular flexibility index (Phi) is 4.28. The molecule has 0 amide bonds. The van der Waals surface area contributed by atoms with Crippen molar-refractivity contribution < 1.29 is 5.11 Å². The van der Waals surface area contributed by atoms with Crippen LogP contribution in [0.1, 0.15) is 11.7 Å². The number of para-hydroxylation sites is 1. The van der Waals surface area contributed by atoms with Gasteiger partial charge in [0.2, 0.25) is 0 Å². The average Bonchev–Trinajstić information content (AvgIpc) is 3.13. The lowest BCUT2D eigenvalue weighted by atomic mass is 10.2. The summed E-state index contributed by atoms with van der Waals surface area (Å²) in [5.41, 5.74) is 2.43. The maximum atomic E-state index is 10.4. The second-order valence-corrected chi connectivity index (χ2v) is 6.00. The van der Waals surface area contributed by atoms with E-state index in [4.69, 9.17) is 0 Å². The molecule has 26 heavy (non-hydrogen) atoms. The molecule has 0 aliphatic heterocycles. The van der Waals surface area contributed by atoms with Gasteiger partial charge in [-0.3, -0.25) is 9.67 Å². The molecule has 0 aliphatic carbocycles. The number of hydrogen-bond acceptors (Lipinski definition) is 6. The number of hydrogen-bond donors (Lipinski definition) is 2. The molecule has 3 heterocycles. The fraction of sp³-hybridized carbons (Fsp3) is 0.158. The number of aliphatic hydroxyl groups is 1. The molecule has 0 saturated heterocycles. The van der Waals surface area contributed by atoms with Crippen LogP contribution in [0, 0.1) is 0 Å². The van der Waals surface area contributed by atoms with Crippen molar-refractivity contribution in [2.45, 2.75) is 6.10 Å². The van der Waals surface area contributed by atoms with Gasteiger partial charge in [-0.15, -0.1) is 0 Å². The second kappa shape index (κ2) is 6.89. The molecule has 0 saturated carbocycles. The number of nitrogens with one attached hydrogen (secondary N) is 1. The first kappa shape index (κ1) is 16.2. The van der Waals surface area contributed by atoms with Crippen molar-refractivity contribution >= 4 is 16.7 Å². The molecular weight excluding hydrogens is 328 g/mol. The summed E-state index contributed by atoms with van der Waals surface area (Å²) in [6.07, 6.45) is 6.22. The van der Waals surface area contributed by atoms with Crippen molar-refractivity contribution in [3.8, 4) is 11.4 Å². The van der Waals surface area contributed by atoms with Gasteiger partial charge >= 0.3 is 0 Å². The number of nitrogens with zero attached hydrogens (tertiary/aromatic N) is 5. The molecule has 1 unspecified atom stereocenters. The van der Waals surface area contributed by atoms with E-state index in [1.807, 2.05) is 43.4 Å². The largest absolute Gasteiger partial charge is 0.386 e. The smallest absolute Gasteiger partial charge is 0.163 e. The Morgan fingerprint density at radius 3 is 2.77 bits per heavy atom. The Morgan fingerprint density at radius 2 is 2.00 bits per heavy atom. The summed E-state index contributed by atoms with van der Waals surface area (Å²) in [4.78, 5) is 13.4. The second-order valence-electron chi connectivity index (χ2n) is 6.00. The molecule has 1 atom stereocenters. The van der Waals surface area contributed by atoms with Gasteiger partial charge in [0.25, 0.3) is 0 Å². The molecule has 7 nitrogen and oxygen atoms in total. The van der Waals surface area contributed by atoms with Crippen molar-refractivity contribution in [1.29, 1.82) is 0 Å². The van der Waals surface area contributed by atoms with Crippen molar-refractivity contribution in [3.05, 3.63) is 66.7 Å². The number of aryl methyl sites for hydroxylation is 1. The van der Waals surface area contributed by atoms with Crippen molar-refractivity contribution in [2.24, 2.45) is 7.05 Å². The van der Waals surface area contributed by atoms with E-state index < -0.39 is 6.10 Å². The first-order valence-corrected chi connectivity index (χ1v) is 8.28. The predicted octanol–water partition coefficient (Wildman–Crippen LogP) is 2.57. The van der Waals surface area contributed by atoms with Crippen molar-refractivity contribution in [3.63, 3.8) is 0 Å². The highest BCUT2D eigenvalue weighted by Crippen LogP contribution is 2.25. The Hall–Kier alpha value is -3.32. The number of aliphatic hydroxyl groups excluding tert-OH is 1. The summed E-state index contributed by atoms with van der Waals surface area (Å²) in [5, 5.41) is 18.6. The lowest BCUT2D eigenvalue weighted by Gasteiger charge is -2.13. The minimum atomic E-state index is -0.681. The minimum absolute atomic E-state index is 0.319. The molecule has 1 aromatic carbocycles. The van der Waals surface area contributed by atoms with Crippen LogP contribution in [-0.4, -0.2) is 36.4 Å². The molecule has 2 N–H and O–H groups in total. The third kappa shape index (κ3) is 3.25. The molecule has 4 rings (SSSR count). The topological polar surface area (TPSA) is 88.8 Å². The van der Waals surface area contributed by atoms with E-state index >= 15 is 0 Å². The number of rotatable bonds is 5. The Balaban J connectivity index is 1.67. The predicted molar refractivity (Wildman–Crippen MR) is 99.4 cm³/mol. The summed E-state index contributed by atoms with van der Waals surface area (Å²) in [6, 6.07) is 11.6. The van der Waals surface area contributed by atoms with Gasteiger partial charge in [0.1, 0.15) is 5.82 Å². The Labute approximate surface area is 150 Å². The third-order valence-corrected chi connectivity index (χ3v) is 4.10. The van der Waals surface area contributed by atoms with E-state index in [-0.39, 0.29) is 0 Å². The molecule has 4 aromatic rings. The first-order chi connectivity index (χ1) is 12.7. The highest BCUT2D eigenvalue weighted by molar-refractivity contribution is 5.90. The van der Waals surface area contributed by atoms with Crippen LogP contribution >= 0.6 is 0 Å². The maximum Gasteiger partial charge on any atom is 0.163 e. The summed E-state index contributed by atoms with van der Waals surface area (Å²) in [5.74, 6) is 1.27. The lowest BCUT2D eigenvalue weighted by Crippen LogP contribution is -2.13. The number of anilines is 1. The fourth-order valence-electron chi connectivity index (χ4n) is 2.76. The summed E-state index contributed by atoms with van der Waals surface area (Å²) in [6.45, 7) is 0.319. The third-order valence-electron chi connectivity index (χ3n) is 4.10. The molecule has 0 bridgehead atoms. The molecule has 0 fully saturated rings. The first-order valence-electron chi connectivity index (χ1n) is 8.28. The molecule has 3 aromatic heterocycles. The maximum absolute atomic E-state index is 10.4. The van der Waals surface area contributed by atoms with Gasteiger partial charge in [-0.1, -0.05) is 12.1 Å². The van der Waals surface area contributed by atoms with E-state index in [0.717, 1.165) is 22.0 Å². The standard InChI is InChI=1S/C19H18N6O/c1-25-12-14(10-22-25)17(26)11-21-19-15-6-2-3-7-16(15)23-18(24-19)13-5-4-8-20-9-13/h2-10,12,17,26H,11H2,1H3,(H,21,23,24). The van der Waals surface area contributed by atoms with Crippen molar-refractivity contribution in [2.75, 3.05) is 11.9 Å². The van der Waals surface area contributed by atoms with E-state index in [1.54, 1.807) is 29.5 Å². The van der Waals surface area contributed by atoms with Gasteiger partial charge < -0.3 is 10.4 Å². The van der Waals surface area contributed by atoms with Crippen LogP contribution in [0.15, 0.2) is 61.2 Å². The molecule has 7 heteroatoms. The van der Waals surface area contributed by atoms with Crippen molar-refractivity contribution in [1.82, 2.24) is 24.7 Å². The van der Waals surface area contributed by atoms with E-state index in [9.17, 15) is 5.11 Å². The lowest BCUT2D eigenvalue weighted by molar-refractivity contribution is 0.191. The molecule has 0 radical (unpaired) electrons. The molecule has 0 aliphatic rings. The van der Waals surface area contributed by atoms with Crippen LogP contribution in [-0.2, 0) is 7.05 Å². The van der Waals surface area contributed by atoms with Gasteiger partial charge in [-0.2, -0.15) is 5.10 Å². The zero-order valence-electron chi connectivity index (χ0n) is 14.2. The average molecular weight is 346 g/mol. The van der Waals surface area contributed by atoms with Crippen LogP contribution < -0.4 is 5.32 Å². The van der Waals surface area contributed by atoms with Gasteiger partial charge in [0.15, 0.2) is 5.82 Å². The van der Waals surface area contributed by atoms with E-state index in [0.29, 0.717) is 18.2 Å². The van der Waals surface area contributed by atoms with Gasteiger partial charge in [-0.05, 0) is 24.3 Å². The van der Waals surface area contributed by atoms with Crippen LogP contribution in [0.4, 0.5) is 5.82 Å². The highest BCUT2D eigenvalue weighted by atomic mass is 16.3. The molecule has 130 valence electrons. The fourth-order valence-corrected chi connectivity index (χ4v) is 2.76. The summed E-state index contributed by atoms with van der Waals surface area (Å²) in [7, 11) is 1.82. The quantitative estimate of drug-likeness (QED) is 0.577. The number of pyridine rings is 1. The van der Waals surface area contributed by atoms with Gasteiger partial charge in [0, 0.05) is 48.7 Å². The molecule has 0 spiro atoms. The monoisotopic (exact) mass is 346 g/mol. The van der Waals surface area contributed by atoms with Crippen LogP contribution in [0.3, 0.4) is 0 Å². The number of fused-ring (bicyclic) bond motifs is 1. The van der Waals surface area contributed by atoms with Gasteiger partial charge in [-0.25, -0.2) is 9.97 Å². The van der Waals surface area contributed by atoms with E-state index in [1.165, 1.54) is 0 Å². The minimum Gasteiger partial charge on any atom is -0.386 e. The van der Waals surface area contributed by atoms with Crippen LogP contribution in [0.2, 0.25) is 0 Å². The SMILES string of the molecule is Cn1cc(C(O)CNc2nc(-c3cccnc3)nc3ccccc23)cn1. The summed E-state index contributed by atoms with van der Waals surface area (Å²) < 4.78 is 1.67. The number of aromatic nitrogens is 5. The Bertz CT molecular complexity index is 1030. The summed E-state index contributed by atoms with van der Waals surface area (Å²) >= 11 is 0. The van der Waals surface area contributed by atoms with Crippen LogP contribution in [0.5, 0.6) is 0 Å².